The van der Waals surface area contributed by atoms with E-state index in [9.17, 15) is 4.79 Å². The summed E-state index contributed by atoms with van der Waals surface area (Å²) in [4.78, 5) is 12.2. The van der Waals surface area contributed by atoms with Crippen molar-refractivity contribution in [2.24, 2.45) is 0 Å². The van der Waals surface area contributed by atoms with Crippen LogP contribution in [0.4, 0.5) is 6.01 Å². The maximum absolute atomic E-state index is 12.2. The molecular formula is C18H10N4O3. The second-order valence-electron chi connectivity index (χ2n) is 5.20. The standard InChI is InChI=1S/C18H10N4O3/c19-10-11-5-7-12(8-6-11)16(23)20-18-22-21-17(25-18)15-9-13-3-1-2-4-14(13)24-15/h1-9H,(H,20,22,23). The third-order valence-corrected chi connectivity index (χ3v) is 3.56. The Kier molecular flexibility index (Phi) is 3.48. The molecule has 2 heterocycles. The average molecular weight is 330 g/mol. The maximum atomic E-state index is 12.2. The Balaban J connectivity index is 1.54. The summed E-state index contributed by atoms with van der Waals surface area (Å²) in [5, 5.41) is 19.9. The quantitative estimate of drug-likeness (QED) is 0.615. The number of aromatic nitrogens is 2. The summed E-state index contributed by atoms with van der Waals surface area (Å²) in [6, 6.07) is 17.5. The zero-order valence-electron chi connectivity index (χ0n) is 12.8. The van der Waals surface area contributed by atoms with E-state index in [1.807, 2.05) is 30.3 Å². The second kappa shape index (κ2) is 5.94. The molecule has 2 aromatic heterocycles. The van der Waals surface area contributed by atoms with E-state index in [4.69, 9.17) is 14.1 Å². The van der Waals surface area contributed by atoms with Crippen molar-refractivity contribution in [3.63, 3.8) is 0 Å². The smallest absolute Gasteiger partial charge is 0.322 e. The lowest BCUT2D eigenvalue weighted by Gasteiger charge is -1.99. The summed E-state index contributed by atoms with van der Waals surface area (Å²) < 4.78 is 11.1. The van der Waals surface area contributed by atoms with E-state index >= 15 is 0 Å². The molecule has 25 heavy (non-hydrogen) atoms. The highest BCUT2D eigenvalue weighted by Crippen LogP contribution is 2.27. The van der Waals surface area contributed by atoms with Gasteiger partial charge in [-0.15, -0.1) is 5.10 Å². The molecular weight excluding hydrogens is 320 g/mol. The molecule has 0 atom stereocenters. The number of fused-ring (bicyclic) bond motifs is 1. The monoisotopic (exact) mass is 330 g/mol. The lowest BCUT2D eigenvalue weighted by molar-refractivity contribution is 0.102. The Hall–Kier alpha value is -3.92. The highest BCUT2D eigenvalue weighted by Gasteiger charge is 2.15. The molecule has 7 nitrogen and oxygen atoms in total. The minimum atomic E-state index is -0.413. The van der Waals surface area contributed by atoms with E-state index in [0.717, 1.165) is 5.39 Å². The number of amides is 1. The topological polar surface area (TPSA) is 105 Å². The predicted octanol–water partition coefficient (Wildman–Crippen LogP) is 3.61. The van der Waals surface area contributed by atoms with E-state index in [1.165, 1.54) is 0 Å². The Morgan fingerprint density at radius 3 is 2.60 bits per heavy atom. The molecule has 7 heteroatoms. The van der Waals surface area contributed by atoms with E-state index in [-0.39, 0.29) is 11.9 Å². The number of furan rings is 1. The number of nitrogens with one attached hydrogen (secondary N) is 1. The van der Waals surface area contributed by atoms with Crippen LogP contribution in [0.5, 0.6) is 0 Å². The number of hydrogen-bond donors (Lipinski definition) is 1. The molecule has 0 unspecified atom stereocenters. The van der Waals surface area contributed by atoms with Crippen molar-refractivity contribution < 1.29 is 13.6 Å². The third kappa shape index (κ3) is 2.84. The molecule has 0 spiro atoms. The van der Waals surface area contributed by atoms with Gasteiger partial charge >= 0.3 is 6.01 Å². The largest absolute Gasteiger partial charge is 0.451 e. The third-order valence-electron chi connectivity index (χ3n) is 3.56. The van der Waals surface area contributed by atoms with Gasteiger partial charge < -0.3 is 8.83 Å². The van der Waals surface area contributed by atoms with Gasteiger partial charge in [-0.2, -0.15) is 5.26 Å². The molecule has 0 radical (unpaired) electrons. The van der Waals surface area contributed by atoms with Gasteiger partial charge in [0.15, 0.2) is 5.76 Å². The molecule has 0 saturated heterocycles. The molecule has 120 valence electrons. The van der Waals surface area contributed by atoms with Crippen molar-refractivity contribution in [1.82, 2.24) is 10.2 Å². The first-order valence-electron chi connectivity index (χ1n) is 7.37. The van der Waals surface area contributed by atoms with Crippen LogP contribution in [0.25, 0.3) is 22.6 Å². The molecule has 1 amide bonds. The first-order valence-corrected chi connectivity index (χ1v) is 7.37. The minimum Gasteiger partial charge on any atom is -0.451 e. The Labute approximate surface area is 141 Å². The van der Waals surface area contributed by atoms with E-state index < -0.39 is 5.91 Å². The number of hydrogen-bond acceptors (Lipinski definition) is 6. The van der Waals surface area contributed by atoms with Gasteiger partial charge in [-0.25, -0.2) is 0 Å². The molecule has 0 aliphatic rings. The summed E-state index contributed by atoms with van der Waals surface area (Å²) in [6.07, 6.45) is 0. The highest BCUT2D eigenvalue weighted by atomic mass is 16.4. The number of carbonyl (C=O) groups is 1. The number of rotatable bonds is 3. The SMILES string of the molecule is N#Cc1ccc(C(=O)Nc2nnc(-c3cc4ccccc4o3)o2)cc1. The molecule has 0 aliphatic carbocycles. The van der Waals surface area contributed by atoms with Crippen LogP contribution >= 0.6 is 0 Å². The Morgan fingerprint density at radius 2 is 1.84 bits per heavy atom. The van der Waals surface area contributed by atoms with Crippen LogP contribution in [0, 0.1) is 11.3 Å². The van der Waals surface area contributed by atoms with Crippen molar-refractivity contribution in [3.05, 3.63) is 65.7 Å². The Bertz CT molecular complexity index is 1070. The van der Waals surface area contributed by atoms with Crippen LogP contribution in [0.15, 0.2) is 63.4 Å². The molecule has 2 aromatic carbocycles. The predicted molar refractivity (Wildman–Crippen MR) is 88.6 cm³/mol. The summed E-state index contributed by atoms with van der Waals surface area (Å²) in [6.45, 7) is 0. The van der Waals surface area contributed by atoms with Crippen LogP contribution in [-0.4, -0.2) is 16.1 Å². The summed E-state index contributed by atoms with van der Waals surface area (Å²) in [5.74, 6) is 0.184. The first-order chi connectivity index (χ1) is 12.2. The van der Waals surface area contributed by atoms with Gasteiger partial charge in [-0.1, -0.05) is 23.3 Å². The number of anilines is 1. The van der Waals surface area contributed by atoms with Gasteiger partial charge in [0.25, 0.3) is 11.8 Å². The average Bonchev–Trinajstić information content (AvgIpc) is 3.28. The summed E-state index contributed by atoms with van der Waals surface area (Å²) >= 11 is 0. The van der Waals surface area contributed by atoms with Crippen LogP contribution in [0.1, 0.15) is 15.9 Å². The van der Waals surface area contributed by atoms with Crippen molar-refractivity contribution in [2.75, 3.05) is 5.32 Å². The van der Waals surface area contributed by atoms with Crippen LogP contribution in [0.3, 0.4) is 0 Å². The molecule has 4 rings (SSSR count). The molecule has 0 aliphatic heterocycles. The number of para-hydroxylation sites is 1. The van der Waals surface area contributed by atoms with Crippen molar-refractivity contribution in [1.29, 1.82) is 5.26 Å². The molecule has 4 aromatic rings. The summed E-state index contributed by atoms with van der Waals surface area (Å²) in [5.41, 5.74) is 1.56. The molecule has 0 bridgehead atoms. The fourth-order valence-corrected chi connectivity index (χ4v) is 2.33. The van der Waals surface area contributed by atoms with E-state index in [0.29, 0.717) is 22.5 Å². The number of carbonyl (C=O) groups excluding carboxylic acids is 1. The van der Waals surface area contributed by atoms with Gasteiger partial charge in [0.1, 0.15) is 5.58 Å². The number of nitrogens with zero attached hydrogens (tertiary/aromatic N) is 3. The van der Waals surface area contributed by atoms with Crippen LogP contribution in [0.2, 0.25) is 0 Å². The van der Waals surface area contributed by atoms with Crippen molar-refractivity contribution >= 4 is 22.9 Å². The second-order valence-corrected chi connectivity index (χ2v) is 5.20. The molecule has 0 fully saturated rings. The van der Waals surface area contributed by atoms with Crippen molar-refractivity contribution in [2.45, 2.75) is 0 Å². The minimum absolute atomic E-state index is 0.0372. The number of benzene rings is 2. The van der Waals surface area contributed by atoms with E-state index in [2.05, 4.69) is 15.5 Å². The first kappa shape index (κ1) is 14.7. The van der Waals surface area contributed by atoms with Gasteiger partial charge in [-0.05, 0) is 36.4 Å². The highest BCUT2D eigenvalue weighted by molar-refractivity contribution is 6.03. The fourth-order valence-electron chi connectivity index (χ4n) is 2.33. The molecule has 0 saturated carbocycles. The van der Waals surface area contributed by atoms with E-state index in [1.54, 1.807) is 30.3 Å². The lowest BCUT2D eigenvalue weighted by atomic mass is 10.1. The normalized spacial score (nSPS) is 10.5. The summed E-state index contributed by atoms with van der Waals surface area (Å²) in [7, 11) is 0. The number of nitriles is 1. The molecule has 1 N–H and O–H groups in total. The van der Waals surface area contributed by atoms with Gasteiger partial charge in [0.05, 0.1) is 11.6 Å². The van der Waals surface area contributed by atoms with Gasteiger partial charge in [-0.3, -0.25) is 10.1 Å². The zero-order chi connectivity index (χ0) is 17.2. The van der Waals surface area contributed by atoms with Crippen LogP contribution < -0.4 is 5.32 Å². The van der Waals surface area contributed by atoms with Gasteiger partial charge in [0, 0.05) is 10.9 Å². The fraction of sp³-hybridized carbons (Fsp3) is 0. The van der Waals surface area contributed by atoms with Crippen molar-refractivity contribution in [3.8, 4) is 17.7 Å². The lowest BCUT2D eigenvalue weighted by Crippen LogP contribution is -2.11. The Morgan fingerprint density at radius 1 is 1.04 bits per heavy atom. The zero-order valence-corrected chi connectivity index (χ0v) is 12.8. The maximum Gasteiger partial charge on any atom is 0.322 e. The van der Waals surface area contributed by atoms with Crippen LogP contribution in [-0.2, 0) is 0 Å². The van der Waals surface area contributed by atoms with Gasteiger partial charge in [0.2, 0.25) is 0 Å².